The number of pyridine rings is 1. The van der Waals surface area contributed by atoms with E-state index in [1.807, 2.05) is 22.5 Å². The summed E-state index contributed by atoms with van der Waals surface area (Å²) in [6.45, 7) is 2.04. The summed E-state index contributed by atoms with van der Waals surface area (Å²) in [5.41, 5.74) is -2.44. The van der Waals surface area contributed by atoms with Gasteiger partial charge in [-0.25, -0.2) is 0 Å². The Kier molecular flexibility index (Phi) is 5.47. The van der Waals surface area contributed by atoms with E-state index in [-0.39, 0.29) is 12.6 Å². The molecule has 1 fully saturated rings. The summed E-state index contributed by atoms with van der Waals surface area (Å²) < 4.78 is 38.4. The number of aromatic amines is 1. The van der Waals surface area contributed by atoms with Crippen molar-refractivity contribution >= 4 is 17.2 Å². The third kappa shape index (κ3) is 4.16. The third-order valence-electron chi connectivity index (χ3n) is 4.38. The predicted octanol–water partition coefficient (Wildman–Crippen LogP) is 3.02. The zero-order chi connectivity index (χ0) is 18.7. The molecule has 1 amide bonds. The molecule has 1 unspecified atom stereocenters. The zero-order valence-corrected chi connectivity index (χ0v) is 14.6. The van der Waals surface area contributed by atoms with Crippen molar-refractivity contribution < 1.29 is 18.0 Å². The molecule has 0 saturated carbocycles. The number of amides is 1. The third-order valence-corrected chi connectivity index (χ3v) is 5.36. The molecule has 3 rings (SSSR count). The molecule has 0 aromatic carbocycles. The van der Waals surface area contributed by atoms with Gasteiger partial charge in [-0.1, -0.05) is 6.07 Å². The van der Waals surface area contributed by atoms with Crippen LogP contribution in [0.5, 0.6) is 0 Å². The molecule has 2 aromatic heterocycles. The first-order valence-corrected chi connectivity index (χ1v) is 9.10. The summed E-state index contributed by atoms with van der Waals surface area (Å²) in [6, 6.07) is 4.43. The number of alkyl halides is 3. The van der Waals surface area contributed by atoms with E-state index in [4.69, 9.17) is 0 Å². The lowest BCUT2D eigenvalue weighted by molar-refractivity contribution is -0.137. The Bertz CT molecular complexity index is 811. The van der Waals surface area contributed by atoms with Gasteiger partial charge in [0.05, 0.1) is 11.6 Å². The number of hydrogen-bond acceptors (Lipinski definition) is 4. The highest BCUT2D eigenvalue weighted by atomic mass is 32.1. The number of rotatable bonds is 5. The Hall–Kier alpha value is -2.13. The fourth-order valence-electron chi connectivity index (χ4n) is 3.04. The Labute approximate surface area is 151 Å². The molecule has 1 aliphatic rings. The first-order chi connectivity index (χ1) is 12.4. The number of H-pyrrole nitrogens is 1. The Morgan fingerprint density at radius 2 is 2.08 bits per heavy atom. The van der Waals surface area contributed by atoms with Gasteiger partial charge in [-0.05, 0) is 43.4 Å². The minimum atomic E-state index is -4.63. The van der Waals surface area contributed by atoms with Gasteiger partial charge in [-0.2, -0.15) is 13.2 Å². The molecule has 1 aliphatic heterocycles. The second kappa shape index (κ2) is 7.63. The lowest BCUT2D eigenvalue weighted by Crippen LogP contribution is -2.38. The van der Waals surface area contributed by atoms with Crippen molar-refractivity contribution in [2.75, 3.05) is 19.6 Å². The minimum absolute atomic E-state index is 0.0497. The van der Waals surface area contributed by atoms with E-state index in [0.29, 0.717) is 12.3 Å². The monoisotopic (exact) mass is 385 g/mol. The number of carbonyl (C=O) groups is 1. The molecule has 0 spiro atoms. The second-order valence-electron chi connectivity index (χ2n) is 6.11. The first kappa shape index (κ1) is 18.7. The molecular formula is C17H18F3N3O2S. The summed E-state index contributed by atoms with van der Waals surface area (Å²) >= 11 is 1.56. The normalized spacial score (nSPS) is 16.6. The van der Waals surface area contributed by atoms with Crippen LogP contribution < -0.4 is 10.9 Å². The molecule has 5 nitrogen and oxygen atoms in total. The number of likely N-dealkylation sites (tertiary alicyclic amines) is 1. The van der Waals surface area contributed by atoms with E-state index >= 15 is 0 Å². The topological polar surface area (TPSA) is 65.2 Å². The van der Waals surface area contributed by atoms with Gasteiger partial charge < -0.3 is 10.3 Å². The van der Waals surface area contributed by atoms with Gasteiger partial charge in [-0.15, -0.1) is 11.3 Å². The molecule has 2 N–H and O–H groups in total. The van der Waals surface area contributed by atoms with Gasteiger partial charge in [0.25, 0.3) is 11.5 Å². The molecule has 0 aliphatic carbocycles. The quantitative estimate of drug-likeness (QED) is 0.832. The van der Waals surface area contributed by atoms with Crippen LogP contribution in [0.1, 0.15) is 39.7 Å². The van der Waals surface area contributed by atoms with Crippen molar-refractivity contribution in [3.63, 3.8) is 0 Å². The van der Waals surface area contributed by atoms with Gasteiger partial charge in [0.2, 0.25) is 0 Å². The Morgan fingerprint density at radius 3 is 2.69 bits per heavy atom. The molecule has 2 aromatic rings. The maximum atomic E-state index is 12.8. The largest absolute Gasteiger partial charge is 0.417 e. The maximum absolute atomic E-state index is 12.8. The number of thiophene rings is 1. The highest BCUT2D eigenvalue weighted by molar-refractivity contribution is 7.10. The summed E-state index contributed by atoms with van der Waals surface area (Å²) in [7, 11) is 0. The lowest BCUT2D eigenvalue weighted by atomic mass is 10.1. The van der Waals surface area contributed by atoms with Crippen LogP contribution in [0.4, 0.5) is 13.2 Å². The molecule has 26 heavy (non-hydrogen) atoms. The van der Waals surface area contributed by atoms with Crippen molar-refractivity contribution in [3.05, 3.63) is 56.1 Å². The number of carbonyl (C=O) groups excluding carboxylic acids is 1. The molecule has 9 heteroatoms. The number of nitrogens with zero attached hydrogens (tertiary/aromatic N) is 1. The molecule has 140 valence electrons. The lowest BCUT2D eigenvalue weighted by Gasteiger charge is -2.26. The molecule has 1 atom stereocenters. The van der Waals surface area contributed by atoms with Crippen LogP contribution in [0.2, 0.25) is 0 Å². The average molecular weight is 385 g/mol. The standard InChI is InChI=1S/C17H18F3N3O2S/c18-17(19,20)11-8-12(15(24)21-9-11)16(25)22-10-13(14-4-3-7-26-14)23-5-1-2-6-23/h3-4,7-9,13H,1-2,5-6,10H2,(H,21,24)(H,22,25). The number of nitrogens with one attached hydrogen (secondary N) is 2. The predicted molar refractivity (Wildman–Crippen MR) is 92.3 cm³/mol. The zero-order valence-electron chi connectivity index (χ0n) is 13.8. The second-order valence-corrected chi connectivity index (χ2v) is 7.09. The van der Waals surface area contributed by atoms with Crippen molar-refractivity contribution in [3.8, 4) is 0 Å². The molecule has 0 bridgehead atoms. The first-order valence-electron chi connectivity index (χ1n) is 8.22. The number of hydrogen-bond donors (Lipinski definition) is 2. The van der Waals surface area contributed by atoms with Crippen molar-refractivity contribution in [2.45, 2.75) is 25.1 Å². The highest BCUT2D eigenvalue weighted by Crippen LogP contribution is 2.29. The summed E-state index contributed by atoms with van der Waals surface area (Å²) in [6.07, 6.45) is -1.92. The van der Waals surface area contributed by atoms with Crippen LogP contribution in [-0.4, -0.2) is 35.4 Å². The van der Waals surface area contributed by atoms with Gasteiger partial charge in [-0.3, -0.25) is 14.5 Å². The summed E-state index contributed by atoms with van der Waals surface area (Å²) in [5.74, 6) is -0.807. The fourth-order valence-corrected chi connectivity index (χ4v) is 3.91. The molecule has 3 heterocycles. The van der Waals surface area contributed by atoms with Gasteiger partial charge in [0.1, 0.15) is 5.56 Å². The number of halogens is 3. The summed E-state index contributed by atoms with van der Waals surface area (Å²) in [4.78, 5) is 29.4. The SMILES string of the molecule is O=C(NCC(c1cccs1)N1CCCC1)c1cc(C(F)(F)F)c[nH]c1=O. The van der Waals surface area contributed by atoms with Crippen LogP contribution in [-0.2, 0) is 6.18 Å². The molecular weight excluding hydrogens is 367 g/mol. The fraction of sp³-hybridized carbons (Fsp3) is 0.412. The van der Waals surface area contributed by atoms with Crippen LogP contribution in [0.15, 0.2) is 34.6 Å². The van der Waals surface area contributed by atoms with Crippen LogP contribution in [0.25, 0.3) is 0 Å². The van der Waals surface area contributed by atoms with E-state index in [0.717, 1.165) is 30.8 Å². The summed E-state index contributed by atoms with van der Waals surface area (Å²) in [5, 5.41) is 4.56. The van der Waals surface area contributed by atoms with E-state index in [1.54, 1.807) is 11.3 Å². The van der Waals surface area contributed by atoms with Crippen molar-refractivity contribution in [1.29, 1.82) is 0 Å². The Balaban J connectivity index is 1.76. The van der Waals surface area contributed by atoms with E-state index in [2.05, 4.69) is 10.2 Å². The van der Waals surface area contributed by atoms with Gasteiger partial charge in [0, 0.05) is 17.6 Å². The Morgan fingerprint density at radius 1 is 1.35 bits per heavy atom. The van der Waals surface area contributed by atoms with Crippen molar-refractivity contribution in [2.24, 2.45) is 0 Å². The van der Waals surface area contributed by atoms with Crippen LogP contribution in [0.3, 0.4) is 0 Å². The van der Waals surface area contributed by atoms with E-state index in [1.165, 1.54) is 0 Å². The van der Waals surface area contributed by atoms with Crippen molar-refractivity contribution in [1.82, 2.24) is 15.2 Å². The van der Waals surface area contributed by atoms with Crippen LogP contribution >= 0.6 is 11.3 Å². The highest BCUT2D eigenvalue weighted by Gasteiger charge is 2.32. The molecule has 1 saturated heterocycles. The number of aromatic nitrogens is 1. The van der Waals surface area contributed by atoms with Crippen LogP contribution in [0, 0.1) is 0 Å². The van der Waals surface area contributed by atoms with E-state index < -0.39 is 28.8 Å². The average Bonchev–Trinajstić information content (AvgIpc) is 3.28. The smallest absolute Gasteiger partial charge is 0.350 e. The minimum Gasteiger partial charge on any atom is -0.350 e. The van der Waals surface area contributed by atoms with Gasteiger partial charge >= 0.3 is 6.18 Å². The maximum Gasteiger partial charge on any atom is 0.417 e. The van der Waals surface area contributed by atoms with E-state index in [9.17, 15) is 22.8 Å². The van der Waals surface area contributed by atoms with Gasteiger partial charge in [0.15, 0.2) is 0 Å². The molecule has 0 radical (unpaired) electrons.